The SMILES string of the molecule is O=C(CCl)Nc1nnc2n1CCCS2. The molecule has 0 spiro atoms. The number of rotatable bonds is 2. The van der Waals surface area contributed by atoms with Crippen LogP contribution in [0.4, 0.5) is 5.95 Å². The van der Waals surface area contributed by atoms with Crippen molar-refractivity contribution in [1.29, 1.82) is 0 Å². The predicted octanol–water partition coefficient (Wildman–Crippen LogP) is 0.951. The molecule has 0 fully saturated rings. The minimum atomic E-state index is -0.252. The van der Waals surface area contributed by atoms with Crippen molar-refractivity contribution in [2.75, 3.05) is 16.9 Å². The van der Waals surface area contributed by atoms with Crippen molar-refractivity contribution >= 4 is 35.2 Å². The van der Waals surface area contributed by atoms with Crippen LogP contribution in [-0.2, 0) is 11.3 Å². The number of aromatic nitrogens is 3. The first-order chi connectivity index (χ1) is 6.81. The zero-order valence-corrected chi connectivity index (χ0v) is 8.94. The largest absolute Gasteiger partial charge is 0.294 e. The van der Waals surface area contributed by atoms with Gasteiger partial charge in [0.2, 0.25) is 11.9 Å². The van der Waals surface area contributed by atoms with Gasteiger partial charge in [0.15, 0.2) is 5.16 Å². The summed E-state index contributed by atoms with van der Waals surface area (Å²) >= 11 is 7.03. The summed E-state index contributed by atoms with van der Waals surface area (Å²) in [5, 5.41) is 11.3. The van der Waals surface area contributed by atoms with E-state index < -0.39 is 0 Å². The molecule has 0 saturated carbocycles. The minimum Gasteiger partial charge on any atom is -0.294 e. The number of carbonyl (C=O) groups excluding carboxylic acids is 1. The second-order valence-electron chi connectivity index (χ2n) is 2.84. The molecule has 0 saturated heterocycles. The molecule has 1 aliphatic heterocycles. The van der Waals surface area contributed by atoms with Gasteiger partial charge in [-0.15, -0.1) is 21.8 Å². The fourth-order valence-electron chi connectivity index (χ4n) is 1.23. The highest BCUT2D eigenvalue weighted by atomic mass is 35.5. The van der Waals surface area contributed by atoms with Crippen molar-refractivity contribution in [3.05, 3.63) is 0 Å². The number of nitrogens with zero attached hydrogens (tertiary/aromatic N) is 3. The normalized spacial score (nSPS) is 14.9. The van der Waals surface area contributed by atoms with E-state index in [0.29, 0.717) is 5.95 Å². The van der Waals surface area contributed by atoms with E-state index in [-0.39, 0.29) is 11.8 Å². The van der Waals surface area contributed by atoms with Crippen LogP contribution in [0, 0.1) is 0 Å². The van der Waals surface area contributed by atoms with E-state index >= 15 is 0 Å². The molecule has 5 nitrogen and oxygen atoms in total. The topological polar surface area (TPSA) is 59.8 Å². The Bertz CT molecular complexity index is 353. The average Bonchev–Trinajstić information content (AvgIpc) is 2.62. The third-order valence-electron chi connectivity index (χ3n) is 1.85. The molecular formula is C7H9ClN4OS. The average molecular weight is 233 g/mol. The third kappa shape index (κ3) is 1.85. The molecule has 1 aromatic heterocycles. The fraction of sp³-hybridized carbons (Fsp3) is 0.571. The molecule has 1 N–H and O–H groups in total. The Kier molecular flexibility index (Phi) is 2.93. The van der Waals surface area contributed by atoms with E-state index in [2.05, 4.69) is 15.5 Å². The molecule has 2 heterocycles. The number of anilines is 1. The summed E-state index contributed by atoms with van der Waals surface area (Å²) in [6.45, 7) is 0.854. The van der Waals surface area contributed by atoms with Gasteiger partial charge in [0.05, 0.1) is 0 Å². The van der Waals surface area contributed by atoms with Gasteiger partial charge >= 0.3 is 0 Å². The maximum absolute atomic E-state index is 11.0. The lowest BCUT2D eigenvalue weighted by Gasteiger charge is -2.13. The summed E-state index contributed by atoms with van der Waals surface area (Å²) in [6, 6.07) is 0. The monoisotopic (exact) mass is 232 g/mol. The Morgan fingerprint density at radius 3 is 3.29 bits per heavy atom. The molecule has 2 rings (SSSR count). The summed E-state index contributed by atoms with van der Waals surface area (Å²) in [5.41, 5.74) is 0. The molecule has 0 atom stereocenters. The highest BCUT2D eigenvalue weighted by molar-refractivity contribution is 7.99. The zero-order chi connectivity index (χ0) is 9.97. The van der Waals surface area contributed by atoms with Gasteiger partial charge in [0.1, 0.15) is 5.88 Å². The number of hydrogen-bond acceptors (Lipinski definition) is 4. The summed E-state index contributed by atoms with van der Waals surface area (Å²) in [6.07, 6.45) is 1.07. The molecule has 7 heteroatoms. The Morgan fingerprint density at radius 1 is 1.64 bits per heavy atom. The Hall–Kier alpha value is -0.750. The van der Waals surface area contributed by atoms with E-state index in [1.54, 1.807) is 11.8 Å². The molecule has 0 aromatic carbocycles. The van der Waals surface area contributed by atoms with E-state index in [1.807, 2.05) is 4.57 Å². The van der Waals surface area contributed by atoms with Gasteiger partial charge in [0.25, 0.3) is 0 Å². The number of thioether (sulfide) groups is 1. The molecule has 1 aromatic rings. The summed E-state index contributed by atoms with van der Waals surface area (Å²) in [5.74, 6) is 1.24. The van der Waals surface area contributed by atoms with Gasteiger partial charge in [-0.3, -0.25) is 14.7 Å². The van der Waals surface area contributed by atoms with Crippen LogP contribution in [0.5, 0.6) is 0 Å². The summed E-state index contributed by atoms with van der Waals surface area (Å²) < 4.78 is 1.90. The van der Waals surface area contributed by atoms with E-state index in [4.69, 9.17) is 11.6 Å². The number of halogens is 1. The first-order valence-corrected chi connectivity index (χ1v) is 5.75. The first kappa shape index (κ1) is 9.79. The van der Waals surface area contributed by atoms with Gasteiger partial charge in [-0.25, -0.2) is 0 Å². The summed E-state index contributed by atoms with van der Waals surface area (Å²) in [7, 11) is 0. The van der Waals surface area contributed by atoms with E-state index in [0.717, 1.165) is 23.9 Å². The molecule has 1 aliphatic rings. The second-order valence-corrected chi connectivity index (χ2v) is 4.17. The molecule has 14 heavy (non-hydrogen) atoms. The smallest absolute Gasteiger partial charge is 0.241 e. The van der Waals surface area contributed by atoms with Crippen molar-refractivity contribution in [1.82, 2.24) is 14.8 Å². The van der Waals surface area contributed by atoms with Crippen LogP contribution in [0.3, 0.4) is 0 Å². The summed E-state index contributed by atoms with van der Waals surface area (Å²) in [4.78, 5) is 11.0. The second kappa shape index (κ2) is 4.18. The number of alkyl halides is 1. The molecular weight excluding hydrogens is 224 g/mol. The highest BCUT2D eigenvalue weighted by Crippen LogP contribution is 2.25. The van der Waals surface area contributed by atoms with Crippen molar-refractivity contribution < 1.29 is 4.79 Å². The number of nitrogens with one attached hydrogen (secondary N) is 1. The lowest BCUT2D eigenvalue weighted by molar-refractivity contribution is -0.114. The van der Waals surface area contributed by atoms with Crippen LogP contribution in [-0.4, -0.2) is 32.3 Å². The number of fused-ring (bicyclic) bond motifs is 1. The van der Waals surface area contributed by atoms with Gasteiger partial charge in [0, 0.05) is 12.3 Å². The molecule has 0 radical (unpaired) electrons. The lowest BCUT2D eigenvalue weighted by atomic mass is 10.5. The van der Waals surface area contributed by atoms with Crippen LogP contribution < -0.4 is 5.32 Å². The Morgan fingerprint density at radius 2 is 2.50 bits per heavy atom. The molecule has 0 bridgehead atoms. The van der Waals surface area contributed by atoms with Crippen LogP contribution in [0.15, 0.2) is 5.16 Å². The van der Waals surface area contributed by atoms with Gasteiger partial charge in [-0.05, 0) is 6.42 Å². The molecule has 1 amide bonds. The molecule has 0 unspecified atom stereocenters. The Balaban J connectivity index is 2.18. The minimum absolute atomic E-state index is 0.0602. The predicted molar refractivity (Wildman–Crippen MR) is 54.7 cm³/mol. The maximum atomic E-state index is 11.0. The maximum Gasteiger partial charge on any atom is 0.241 e. The van der Waals surface area contributed by atoms with Crippen molar-refractivity contribution in [3.8, 4) is 0 Å². The standard InChI is InChI=1S/C7H9ClN4OS/c8-4-5(13)9-6-10-11-7-12(6)2-1-3-14-7/h1-4H2,(H,9,10,13). The lowest BCUT2D eigenvalue weighted by Crippen LogP contribution is -2.18. The van der Waals surface area contributed by atoms with Crippen LogP contribution in [0.1, 0.15) is 6.42 Å². The quantitative estimate of drug-likeness (QED) is 0.772. The molecule has 0 aliphatic carbocycles. The van der Waals surface area contributed by atoms with Crippen LogP contribution >= 0.6 is 23.4 Å². The first-order valence-electron chi connectivity index (χ1n) is 4.23. The zero-order valence-electron chi connectivity index (χ0n) is 7.36. The van der Waals surface area contributed by atoms with Crippen LogP contribution in [0.25, 0.3) is 0 Å². The third-order valence-corrected chi connectivity index (χ3v) is 3.14. The highest BCUT2D eigenvalue weighted by Gasteiger charge is 2.17. The van der Waals surface area contributed by atoms with E-state index in [1.165, 1.54) is 0 Å². The van der Waals surface area contributed by atoms with Crippen LogP contribution in [0.2, 0.25) is 0 Å². The van der Waals surface area contributed by atoms with Gasteiger partial charge in [-0.2, -0.15) is 0 Å². The fourth-order valence-corrected chi connectivity index (χ4v) is 2.19. The van der Waals surface area contributed by atoms with Gasteiger partial charge < -0.3 is 0 Å². The Labute approximate surface area is 90.2 Å². The number of amides is 1. The number of carbonyl (C=O) groups is 1. The van der Waals surface area contributed by atoms with Gasteiger partial charge in [-0.1, -0.05) is 11.8 Å². The van der Waals surface area contributed by atoms with E-state index in [9.17, 15) is 4.79 Å². The van der Waals surface area contributed by atoms with Crippen molar-refractivity contribution in [2.45, 2.75) is 18.1 Å². The van der Waals surface area contributed by atoms with Crippen molar-refractivity contribution in [3.63, 3.8) is 0 Å². The number of hydrogen-bond donors (Lipinski definition) is 1. The molecule has 76 valence electrons. The van der Waals surface area contributed by atoms with Crippen molar-refractivity contribution in [2.24, 2.45) is 0 Å².